The summed E-state index contributed by atoms with van der Waals surface area (Å²) in [6.45, 7) is 10.9. The van der Waals surface area contributed by atoms with Crippen LogP contribution in [0.5, 0.6) is 0 Å². The highest BCUT2D eigenvalue weighted by molar-refractivity contribution is 5.80. The Balaban J connectivity index is 1.48. The molecule has 3 rings (SSSR count). The highest BCUT2D eigenvalue weighted by Crippen LogP contribution is 2.45. The Kier molecular flexibility index (Phi) is 7.00. The van der Waals surface area contributed by atoms with Crippen LogP contribution in [-0.2, 0) is 4.74 Å². The first kappa shape index (κ1) is 19.0. The van der Waals surface area contributed by atoms with E-state index in [2.05, 4.69) is 22.0 Å². The van der Waals surface area contributed by atoms with Gasteiger partial charge in [0.1, 0.15) is 0 Å². The highest BCUT2D eigenvalue weighted by Gasteiger charge is 2.41. The van der Waals surface area contributed by atoms with Crippen LogP contribution < -0.4 is 5.32 Å². The van der Waals surface area contributed by atoms with Gasteiger partial charge < -0.3 is 19.9 Å². The molecule has 0 aromatic carbocycles. The third-order valence-electron chi connectivity index (χ3n) is 6.56. The van der Waals surface area contributed by atoms with E-state index in [4.69, 9.17) is 9.73 Å². The molecule has 25 heavy (non-hydrogen) atoms. The van der Waals surface area contributed by atoms with Crippen LogP contribution in [0.1, 0.15) is 51.9 Å². The summed E-state index contributed by atoms with van der Waals surface area (Å²) in [5.41, 5.74) is 0.614. The van der Waals surface area contributed by atoms with E-state index in [9.17, 15) is 0 Å². The molecule has 1 saturated carbocycles. The van der Waals surface area contributed by atoms with Crippen LogP contribution in [0.4, 0.5) is 0 Å². The number of likely N-dealkylation sites (tertiary alicyclic amines) is 2. The third kappa shape index (κ3) is 5.10. The van der Waals surface area contributed by atoms with E-state index in [0.717, 1.165) is 32.2 Å². The van der Waals surface area contributed by atoms with Crippen LogP contribution in [-0.4, -0.2) is 75.3 Å². The number of ether oxygens (including phenoxy) is 1. The maximum absolute atomic E-state index is 5.20. The molecular weight excluding hydrogens is 312 g/mol. The monoisotopic (exact) mass is 350 g/mol. The van der Waals surface area contributed by atoms with Crippen molar-refractivity contribution in [2.24, 2.45) is 16.3 Å². The Labute approximate surface area is 154 Å². The molecule has 2 heterocycles. The predicted octanol–water partition coefficient (Wildman–Crippen LogP) is 2.58. The normalized spacial score (nSPS) is 25.2. The molecule has 0 atom stereocenters. The van der Waals surface area contributed by atoms with E-state index in [-0.39, 0.29) is 0 Å². The SMILES string of the molecule is CCNC(=NCC1CCN(CCOC)CC1)N1CCC2(CCCC2)C1. The number of nitrogens with zero attached hydrogens (tertiary/aromatic N) is 3. The van der Waals surface area contributed by atoms with Crippen molar-refractivity contribution in [3.8, 4) is 0 Å². The Morgan fingerprint density at radius 3 is 2.60 bits per heavy atom. The molecule has 2 saturated heterocycles. The maximum Gasteiger partial charge on any atom is 0.193 e. The molecule has 1 N–H and O–H groups in total. The average molecular weight is 351 g/mol. The molecule has 0 aromatic rings. The fourth-order valence-electron chi connectivity index (χ4n) is 4.90. The zero-order chi connectivity index (χ0) is 17.5. The number of hydrogen-bond donors (Lipinski definition) is 1. The fourth-order valence-corrected chi connectivity index (χ4v) is 4.90. The van der Waals surface area contributed by atoms with Crippen molar-refractivity contribution >= 4 is 5.96 Å². The van der Waals surface area contributed by atoms with Gasteiger partial charge in [-0.2, -0.15) is 0 Å². The minimum absolute atomic E-state index is 0.614. The van der Waals surface area contributed by atoms with Gasteiger partial charge in [-0.1, -0.05) is 12.8 Å². The van der Waals surface area contributed by atoms with Crippen molar-refractivity contribution in [2.75, 3.05) is 59.5 Å². The van der Waals surface area contributed by atoms with Gasteiger partial charge in [-0.3, -0.25) is 4.99 Å². The quantitative estimate of drug-likeness (QED) is 0.590. The molecule has 0 bridgehead atoms. The van der Waals surface area contributed by atoms with Crippen LogP contribution in [0.3, 0.4) is 0 Å². The summed E-state index contributed by atoms with van der Waals surface area (Å²) in [4.78, 5) is 10.1. The zero-order valence-corrected chi connectivity index (χ0v) is 16.4. The van der Waals surface area contributed by atoms with Crippen molar-refractivity contribution in [2.45, 2.75) is 51.9 Å². The van der Waals surface area contributed by atoms with Crippen molar-refractivity contribution < 1.29 is 4.74 Å². The largest absolute Gasteiger partial charge is 0.383 e. The van der Waals surface area contributed by atoms with Crippen LogP contribution in [0, 0.1) is 11.3 Å². The number of guanidine groups is 1. The minimum Gasteiger partial charge on any atom is -0.383 e. The molecule has 3 aliphatic rings. The van der Waals surface area contributed by atoms with Gasteiger partial charge in [-0.05, 0) is 63.5 Å². The molecule has 1 spiro atoms. The van der Waals surface area contributed by atoms with Gasteiger partial charge in [0.25, 0.3) is 0 Å². The molecule has 0 amide bonds. The molecule has 1 aliphatic carbocycles. The Hall–Kier alpha value is -0.810. The van der Waals surface area contributed by atoms with E-state index in [1.165, 1.54) is 77.1 Å². The lowest BCUT2D eigenvalue weighted by Gasteiger charge is -2.31. The van der Waals surface area contributed by atoms with Gasteiger partial charge in [0.15, 0.2) is 5.96 Å². The first-order valence-corrected chi connectivity index (χ1v) is 10.5. The minimum atomic E-state index is 0.614. The van der Waals surface area contributed by atoms with Gasteiger partial charge in [0.2, 0.25) is 0 Å². The number of piperidine rings is 1. The third-order valence-corrected chi connectivity index (χ3v) is 6.56. The summed E-state index contributed by atoms with van der Waals surface area (Å²) in [6.07, 6.45) is 9.65. The summed E-state index contributed by atoms with van der Waals surface area (Å²) >= 11 is 0. The first-order valence-electron chi connectivity index (χ1n) is 10.5. The maximum atomic E-state index is 5.20. The Bertz CT molecular complexity index is 425. The molecular formula is C20H38N4O. The van der Waals surface area contributed by atoms with Gasteiger partial charge in [0.05, 0.1) is 6.61 Å². The van der Waals surface area contributed by atoms with E-state index in [1.807, 2.05) is 0 Å². The lowest BCUT2D eigenvalue weighted by molar-refractivity contribution is 0.121. The lowest BCUT2D eigenvalue weighted by atomic mass is 9.86. The molecule has 144 valence electrons. The van der Waals surface area contributed by atoms with Gasteiger partial charge in [0, 0.05) is 39.8 Å². The number of rotatable bonds is 6. The van der Waals surface area contributed by atoms with Crippen molar-refractivity contribution in [3.63, 3.8) is 0 Å². The second kappa shape index (κ2) is 9.22. The van der Waals surface area contributed by atoms with Crippen LogP contribution in [0.2, 0.25) is 0 Å². The van der Waals surface area contributed by atoms with Crippen LogP contribution >= 0.6 is 0 Å². The van der Waals surface area contributed by atoms with Crippen LogP contribution in [0.15, 0.2) is 4.99 Å². The lowest BCUT2D eigenvalue weighted by Crippen LogP contribution is -2.42. The van der Waals surface area contributed by atoms with E-state index in [1.54, 1.807) is 7.11 Å². The number of methoxy groups -OCH3 is 1. The second-order valence-electron chi connectivity index (χ2n) is 8.35. The number of nitrogens with one attached hydrogen (secondary N) is 1. The Morgan fingerprint density at radius 2 is 1.92 bits per heavy atom. The average Bonchev–Trinajstić information content (AvgIpc) is 3.28. The van der Waals surface area contributed by atoms with Gasteiger partial charge >= 0.3 is 0 Å². The highest BCUT2D eigenvalue weighted by atomic mass is 16.5. The molecule has 0 radical (unpaired) electrons. The smallest absolute Gasteiger partial charge is 0.193 e. The predicted molar refractivity (Wildman–Crippen MR) is 104 cm³/mol. The second-order valence-corrected chi connectivity index (χ2v) is 8.35. The van der Waals surface area contributed by atoms with E-state index >= 15 is 0 Å². The molecule has 0 unspecified atom stereocenters. The Morgan fingerprint density at radius 1 is 1.16 bits per heavy atom. The van der Waals surface area contributed by atoms with Crippen molar-refractivity contribution in [3.05, 3.63) is 0 Å². The van der Waals surface area contributed by atoms with E-state index in [0.29, 0.717) is 5.41 Å². The first-order chi connectivity index (χ1) is 12.2. The van der Waals surface area contributed by atoms with Gasteiger partial charge in [-0.25, -0.2) is 0 Å². The topological polar surface area (TPSA) is 40.1 Å². The molecule has 5 heteroatoms. The van der Waals surface area contributed by atoms with Crippen molar-refractivity contribution in [1.82, 2.24) is 15.1 Å². The van der Waals surface area contributed by atoms with Crippen LogP contribution in [0.25, 0.3) is 0 Å². The summed E-state index contributed by atoms with van der Waals surface area (Å²) in [6, 6.07) is 0. The molecule has 0 aromatic heterocycles. The number of aliphatic imine (C=N–C) groups is 1. The summed E-state index contributed by atoms with van der Waals surface area (Å²) in [5, 5.41) is 3.56. The molecule has 2 aliphatic heterocycles. The summed E-state index contributed by atoms with van der Waals surface area (Å²) < 4.78 is 5.20. The molecule has 3 fully saturated rings. The van der Waals surface area contributed by atoms with Gasteiger partial charge in [-0.15, -0.1) is 0 Å². The van der Waals surface area contributed by atoms with E-state index < -0.39 is 0 Å². The molecule has 5 nitrogen and oxygen atoms in total. The van der Waals surface area contributed by atoms with Crippen molar-refractivity contribution in [1.29, 1.82) is 0 Å². The summed E-state index contributed by atoms with van der Waals surface area (Å²) in [5.74, 6) is 1.92. The number of hydrogen-bond acceptors (Lipinski definition) is 3. The zero-order valence-electron chi connectivity index (χ0n) is 16.4. The standard InChI is InChI=1S/C20H38N4O/c1-3-21-19(24-13-10-20(17-24)8-4-5-9-20)22-16-18-6-11-23(12-7-18)14-15-25-2/h18H,3-17H2,1-2H3,(H,21,22). The fraction of sp³-hybridized carbons (Fsp3) is 0.950. The summed E-state index contributed by atoms with van der Waals surface area (Å²) in [7, 11) is 1.79.